The van der Waals surface area contributed by atoms with Crippen LogP contribution in [0.2, 0.25) is 0 Å². The number of hydrogen-bond donors (Lipinski definition) is 1. The summed E-state index contributed by atoms with van der Waals surface area (Å²) in [7, 11) is 0. The number of hydrogen-bond acceptors (Lipinski definition) is 4. The molecule has 5 nitrogen and oxygen atoms in total. The van der Waals surface area contributed by atoms with E-state index in [-0.39, 0.29) is 12.0 Å². The molecular formula is C20H20BrN3O2. The van der Waals surface area contributed by atoms with Crippen molar-refractivity contribution >= 4 is 32.7 Å². The second kappa shape index (κ2) is 8.27. The summed E-state index contributed by atoms with van der Waals surface area (Å²) in [5, 5.41) is 3.80. The number of nitrogens with one attached hydrogen (secondary N) is 1. The van der Waals surface area contributed by atoms with E-state index in [1.165, 1.54) is 0 Å². The molecule has 0 unspecified atom stereocenters. The van der Waals surface area contributed by atoms with Crippen LogP contribution in [0.5, 0.6) is 5.75 Å². The fourth-order valence-electron chi connectivity index (χ4n) is 2.47. The number of carbonyl (C=O) groups is 1. The molecule has 1 atom stereocenters. The monoisotopic (exact) mass is 413 g/mol. The largest absolute Gasteiger partial charge is 0.490 e. The van der Waals surface area contributed by atoms with E-state index in [1.54, 1.807) is 18.5 Å². The maximum atomic E-state index is 12.5. The van der Waals surface area contributed by atoms with Gasteiger partial charge in [-0.3, -0.25) is 9.78 Å². The fourth-order valence-corrected chi connectivity index (χ4v) is 2.90. The van der Waals surface area contributed by atoms with Gasteiger partial charge < -0.3 is 10.1 Å². The highest BCUT2D eigenvalue weighted by molar-refractivity contribution is 9.10. The normalized spacial score (nSPS) is 12.0. The average molecular weight is 414 g/mol. The maximum absolute atomic E-state index is 12.5. The van der Waals surface area contributed by atoms with Crippen LogP contribution in [0.3, 0.4) is 0 Å². The number of halogens is 1. The summed E-state index contributed by atoms with van der Waals surface area (Å²) in [4.78, 5) is 21.1. The molecule has 0 fully saturated rings. The van der Waals surface area contributed by atoms with E-state index in [0.29, 0.717) is 17.8 Å². The average Bonchev–Trinajstić information content (AvgIpc) is 2.67. The molecule has 0 radical (unpaired) electrons. The second-order valence-corrected chi connectivity index (χ2v) is 6.87. The Morgan fingerprint density at radius 1 is 1.23 bits per heavy atom. The SMILES string of the molecule is CC[C@H](C)Oc1ccccc1CNC(=O)c1ccc2cncc(Br)c2n1. The lowest BCUT2D eigenvalue weighted by atomic mass is 10.2. The smallest absolute Gasteiger partial charge is 0.270 e. The number of nitrogens with zero attached hydrogens (tertiary/aromatic N) is 2. The highest BCUT2D eigenvalue weighted by Crippen LogP contribution is 2.22. The Morgan fingerprint density at radius 3 is 2.85 bits per heavy atom. The molecule has 3 rings (SSSR count). The molecule has 0 aliphatic carbocycles. The van der Waals surface area contributed by atoms with Crippen LogP contribution in [0.15, 0.2) is 53.3 Å². The van der Waals surface area contributed by atoms with Crippen LogP contribution in [0.1, 0.15) is 36.3 Å². The van der Waals surface area contributed by atoms with Crippen molar-refractivity contribution in [2.45, 2.75) is 32.9 Å². The first-order chi connectivity index (χ1) is 12.6. The summed E-state index contributed by atoms with van der Waals surface area (Å²) in [6.45, 7) is 4.48. The molecule has 1 N–H and O–H groups in total. The van der Waals surface area contributed by atoms with E-state index >= 15 is 0 Å². The number of benzene rings is 1. The number of pyridine rings is 2. The molecule has 1 aromatic carbocycles. The van der Waals surface area contributed by atoms with Crippen molar-refractivity contribution in [3.05, 3.63) is 64.5 Å². The minimum Gasteiger partial charge on any atom is -0.490 e. The Hall–Kier alpha value is -2.47. The summed E-state index contributed by atoms with van der Waals surface area (Å²) >= 11 is 3.42. The molecule has 3 aromatic rings. The quantitative estimate of drug-likeness (QED) is 0.645. The van der Waals surface area contributed by atoms with Crippen LogP contribution in [-0.4, -0.2) is 22.0 Å². The zero-order valence-electron chi connectivity index (χ0n) is 14.7. The van der Waals surface area contributed by atoms with Crippen LogP contribution in [0.25, 0.3) is 10.9 Å². The van der Waals surface area contributed by atoms with Crippen molar-refractivity contribution in [3.8, 4) is 5.75 Å². The molecule has 2 heterocycles. The van der Waals surface area contributed by atoms with Gasteiger partial charge in [-0.2, -0.15) is 0 Å². The van der Waals surface area contributed by atoms with Crippen LogP contribution >= 0.6 is 15.9 Å². The predicted molar refractivity (Wildman–Crippen MR) is 105 cm³/mol. The lowest BCUT2D eigenvalue weighted by molar-refractivity contribution is 0.0946. The third-order valence-corrected chi connectivity index (χ3v) is 4.68. The first-order valence-electron chi connectivity index (χ1n) is 8.51. The molecule has 0 bridgehead atoms. The Kier molecular flexibility index (Phi) is 5.83. The third kappa shape index (κ3) is 4.19. The van der Waals surface area contributed by atoms with Gasteiger partial charge in [-0.25, -0.2) is 4.98 Å². The van der Waals surface area contributed by atoms with Crippen LogP contribution in [0.4, 0.5) is 0 Å². The van der Waals surface area contributed by atoms with Crippen molar-refractivity contribution in [2.24, 2.45) is 0 Å². The number of carbonyl (C=O) groups excluding carboxylic acids is 1. The number of amides is 1. The number of rotatable bonds is 6. The zero-order valence-corrected chi connectivity index (χ0v) is 16.3. The third-order valence-electron chi connectivity index (χ3n) is 4.10. The Labute approximate surface area is 160 Å². The molecular weight excluding hydrogens is 394 g/mol. The van der Waals surface area contributed by atoms with E-state index in [4.69, 9.17) is 4.74 Å². The second-order valence-electron chi connectivity index (χ2n) is 6.02. The number of ether oxygens (including phenoxy) is 1. The highest BCUT2D eigenvalue weighted by Gasteiger charge is 2.12. The van der Waals surface area contributed by atoms with Gasteiger partial charge >= 0.3 is 0 Å². The summed E-state index contributed by atoms with van der Waals surface area (Å²) in [5.74, 6) is 0.566. The van der Waals surface area contributed by atoms with Crippen molar-refractivity contribution in [1.82, 2.24) is 15.3 Å². The Balaban J connectivity index is 1.74. The van der Waals surface area contributed by atoms with Gasteiger partial charge in [0, 0.05) is 29.9 Å². The van der Waals surface area contributed by atoms with Crippen molar-refractivity contribution < 1.29 is 9.53 Å². The molecule has 0 aliphatic heterocycles. The summed E-state index contributed by atoms with van der Waals surface area (Å²) in [5.41, 5.74) is 2.02. The lowest BCUT2D eigenvalue weighted by Gasteiger charge is -2.16. The Bertz CT molecular complexity index is 930. The predicted octanol–water partition coefficient (Wildman–Crippen LogP) is 4.50. The highest BCUT2D eigenvalue weighted by atomic mass is 79.9. The van der Waals surface area contributed by atoms with Gasteiger partial charge in [-0.05, 0) is 47.5 Å². The molecule has 134 valence electrons. The first-order valence-corrected chi connectivity index (χ1v) is 9.30. The van der Waals surface area contributed by atoms with Crippen LogP contribution in [0, 0.1) is 0 Å². The molecule has 0 aliphatic rings. The summed E-state index contributed by atoms with van der Waals surface area (Å²) in [6, 6.07) is 11.3. The van der Waals surface area contributed by atoms with Gasteiger partial charge in [-0.15, -0.1) is 0 Å². The maximum Gasteiger partial charge on any atom is 0.270 e. The summed E-state index contributed by atoms with van der Waals surface area (Å²) in [6.07, 6.45) is 4.43. The molecule has 0 saturated heterocycles. The van der Waals surface area contributed by atoms with Crippen molar-refractivity contribution in [3.63, 3.8) is 0 Å². The standard InChI is InChI=1S/C20H20BrN3O2/c1-3-13(2)26-18-7-5-4-6-14(18)11-23-20(25)17-9-8-15-10-22-12-16(21)19(15)24-17/h4-10,12-13H,3,11H2,1-2H3,(H,23,25)/t13-/m0/s1. The van der Waals surface area contributed by atoms with E-state index < -0.39 is 0 Å². The lowest BCUT2D eigenvalue weighted by Crippen LogP contribution is -2.24. The van der Waals surface area contributed by atoms with E-state index in [9.17, 15) is 4.79 Å². The minimum atomic E-state index is -0.228. The zero-order chi connectivity index (χ0) is 18.5. The molecule has 6 heteroatoms. The first kappa shape index (κ1) is 18.3. The van der Waals surface area contributed by atoms with E-state index in [1.807, 2.05) is 37.3 Å². The number of fused-ring (bicyclic) bond motifs is 1. The van der Waals surface area contributed by atoms with Crippen LogP contribution in [-0.2, 0) is 6.54 Å². The number of aromatic nitrogens is 2. The van der Waals surface area contributed by atoms with E-state index in [2.05, 4.69) is 38.1 Å². The molecule has 26 heavy (non-hydrogen) atoms. The van der Waals surface area contributed by atoms with Gasteiger partial charge in [-0.1, -0.05) is 25.1 Å². The van der Waals surface area contributed by atoms with Gasteiger partial charge in [0.15, 0.2) is 0 Å². The van der Waals surface area contributed by atoms with Crippen molar-refractivity contribution in [1.29, 1.82) is 0 Å². The van der Waals surface area contributed by atoms with Gasteiger partial charge in [0.25, 0.3) is 5.91 Å². The fraction of sp³-hybridized carbons (Fsp3) is 0.250. The molecule has 0 saturated carbocycles. The van der Waals surface area contributed by atoms with E-state index in [0.717, 1.165) is 27.6 Å². The molecule has 1 amide bonds. The van der Waals surface area contributed by atoms with Crippen LogP contribution < -0.4 is 10.1 Å². The molecule has 2 aromatic heterocycles. The van der Waals surface area contributed by atoms with Gasteiger partial charge in [0.05, 0.1) is 16.1 Å². The number of para-hydroxylation sites is 1. The van der Waals surface area contributed by atoms with Gasteiger partial charge in [0.2, 0.25) is 0 Å². The van der Waals surface area contributed by atoms with Gasteiger partial charge in [0.1, 0.15) is 11.4 Å². The van der Waals surface area contributed by atoms with Crippen molar-refractivity contribution in [2.75, 3.05) is 0 Å². The summed E-state index contributed by atoms with van der Waals surface area (Å²) < 4.78 is 6.69. The minimum absolute atomic E-state index is 0.125. The topological polar surface area (TPSA) is 64.1 Å². The molecule has 0 spiro atoms. The Morgan fingerprint density at radius 2 is 2.04 bits per heavy atom.